The van der Waals surface area contributed by atoms with Crippen molar-refractivity contribution < 1.29 is 35.2 Å². The number of carbonyl (C=O) groups excluding carboxylic acids is 1. The minimum Gasteiger partial charge on any atom is -0.415 e. The van der Waals surface area contributed by atoms with Crippen molar-refractivity contribution in [3.05, 3.63) is 29.7 Å². The molecule has 0 spiro atoms. The number of amides is 1. The molecule has 0 saturated heterocycles. The van der Waals surface area contributed by atoms with Gasteiger partial charge in [0.15, 0.2) is 0 Å². The van der Waals surface area contributed by atoms with Crippen LogP contribution in [0.25, 0.3) is 11.5 Å². The molecule has 1 aromatic heterocycles. The van der Waals surface area contributed by atoms with Gasteiger partial charge in [0.05, 0.1) is 10.4 Å². The number of sulfonamides is 1. The van der Waals surface area contributed by atoms with E-state index in [0.717, 1.165) is 0 Å². The third kappa shape index (κ3) is 4.01. The molecule has 8 nitrogen and oxygen atoms in total. The second kappa shape index (κ2) is 8.35. The van der Waals surface area contributed by atoms with Crippen LogP contribution in [-0.2, 0) is 20.4 Å². The van der Waals surface area contributed by atoms with Crippen LogP contribution < -0.4 is 5.32 Å². The Kier molecular flexibility index (Phi) is 5.97. The number of hydrogen-bond donors (Lipinski definition) is 1. The van der Waals surface area contributed by atoms with Gasteiger partial charge >= 0.3 is 12.9 Å². The molecule has 1 amide bonds. The summed E-state index contributed by atoms with van der Waals surface area (Å²) in [5.74, 6) is -2.57. The second-order valence-corrected chi connectivity index (χ2v) is 10.4. The number of nitrogens with zero attached hydrogens (tertiary/aromatic N) is 3. The number of rotatable bonds is 5. The molecular weight excluding hydrogens is 468 g/mol. The number of nitrogens with one attached hydrogen (secondary N) is 1. The lowest BCUT2D eigenvalue weighted by molar-refractivity contribution is -0.133. The first-order valence-corrected chi connectivity index (χ1v) is 11.8. The summed E-state index contributed by atoms with van der Waals surface area (Å²) in [6.45, 7) is 3.39. The fraction of sp³-hybridized carbons (Fsp3) is 0.550. The van der Waals surface area contributed by atoms with E-state index in [2.05, 4.69) is 15.5 Å². The van der Waals surface area contributed by atoms with Crippen molar-refractivity contribution in [3.63, 3.8) is 0 Å². The Hall–Kier alpha value is -2.54. The van der Waals surface area contributed by atoms with Crippen LogP contribution in [0.2, 0.25) is 0 Å². The average molecular weight is 490 g/mol. The largest absolute Gasteiger partial charge is 0.415 e. The monoisotopic (exact) mass is 490 g/mol. The van der Waals surface area contributed by atoms with Gasteiger partial charge in [0.25, 0.3) is 11.8 Å². The molecule has 1 saturated carbocycles. The van der Waals surface area contributed by atoms with E-state index in [-0.39, 0.29) is 16.3 Å². The maximum atomic E-state index is 13.6. The number of alkyl halides is 4. The van der Waals surface area contributed by atoms with E-state index < -0.39 is 52.3 Å². The molecule has 0 radical (unpaired) electrons. The van der Waals surface area contributed by atoms with E-state index in [1.54, 1.807) is 19.9 Å². The molecule has 1 fully saturated rings. The van der Waals surface area contributed by atoms with E-state index in [0.29, 0.717) is 31.2 Å². The molecule has 2 aromatic rings. The van der Waals surface area contributed by atoms with Crippen LogP contribution in [-0.4, -0.2) is 47.3 Å². The molecule has 2 atom stereocenters. The van der Waals surface area contributed by atoms with Gasteiger partial charge in [0.1, 0.15) is 0 Å². The summed E-state index contributed by atoms with van der Waals surface area (Å²) in [6, 6.07) is 2.83. The van der Waals surface area contributed by atoms with Gasteiger partial charge in [-0.2, -0.15) is 21.9 Å². The van der Waals surface area contributed by atoms with Gasteiger partial charge in [0.2, 0.25) is 15.9 Å². The van der Waals surface area contributed by atoms with Crippen molar-refractivity contribution in [1.82, 2.24) is 19.8 Å². The molecule has 0 unspecified atom stereocenters. The fourth-order valence-corrected chi connectivity index (χ4v) is 7.13. The smallest absolute Gasteiger partial charge is 0.315 e. The minimum absolute atomic E-state index is 0.0636. The van der Waals surface area contributed by atoms with Crippen molar-refractivity contribution >= 4 is 15.9 Å². The van der Waals surface area contributed by atoms with Crippen LogP contribution in [0.3, 0.4) is 0 Å². The van der Waals surface area contributed by atoms with Gasteiger partial charge in [-0.1, -0.05) is 18.9 Å². The van der Waals surface area contributed by atoms with Crippen LogP contribution in [0.4, 0.5) is 17.6 Å². The highest BCUT2D eigenvalue weighted by atomic mass is 32.2. The van der Waals surface area contributed by atoms with Gasteiger partial charge in [-0.3, -0.25) is 4.79 Å². The summed E-state index contributed by atoms with van der Waals surface area (Å²) in [6.07, 6.45) is -4.08. The third-order valence-electron chi connectivity index (χ3n) is 6.16. The first kappa shape index (κ1) is 23.6. The zero-order valence-electron chi connectivity index (χ0n) is 17.8. The maximum absolute atomic E-state index is 13.6. The molecule has 180 valence electrons. The number of benzene rings is 1. The number of hydrogen-bond acceptors (Lipinski definition) is 6. The normalized spacial score (nSPS) is 24.2. The van der Waals surface area contributed by atoms with Crippen LogP contribution in [0.1, 0.15) is 57.4 Å². The van der Waals surface area contributed by atoms with Gasteiger partial charge < -0.3 is 9.73 Å². The first-order chi connectivity index (χ1) is 15.4. The molecule has 1 aliphatic carbocycles. The van der Waals surface area contributed by atoms with Crippen molar-refractivity contribution in [1.29, 1.82) is 0 Å². The number of halogens is 4. The highest BCUT2D eigenvalue weighted by Crippen LogP contribution is 2.48. The maximum Gasteiger partial charge on any atom is 0.315 e. The SMILES string of the molecule is CC1(C)c2ccc(-c3nnc(C(F)F)o3)cc2S(=O)(=O)N1[C@@H]1CCCC[C@H]1NC(=O)C(F)F. The van der Waals surface area contributed by atoms with E-state index in [1.807, 2.05) is 0 Å². The summed E-state index contributed by atoms with van der Waals surface area (Å²) in [5, 5.41) is 9.13. The van der Waals surface area contributed by atoms with E-state index >= 15 is 0 Å². The third-order valence-corrected chi connectivity index (χ3v) is 8.30. The standard InChI is InChI=1S/C20H22F4N4O4S/c1-20(2)11-8-7-10(18-26-27-19(32-18)16(23)24)9-14(11)33(30,31)28(20)13-6-4-3-5-12(13)25-17(29)15(21)22/h7-9,12-13,15-16H,3-6H2,1-2H3,(H,25,29)/t12-,13-/m1/s1. The molecule has 0 bridgehead atoms. The highest BCUT2D eigenvalue weighted by Gasteiger charge is 2.53. The predicted octanol–water partition coefficient (Wildman–Crippen LogP) is 3.61. The lowest BCUT2D eigenvalue weighted by Gasteiger charge is -2.43. The van der Waals surface area contributed by atoms with E-state index in [9.17, 15) is 30.8 Å². The van der Waals surface area contributed by atoms with Crippen LogP contribution in [0.5, 0.6) is 0 Å². The van der Waals surface area contributed by atoms with Crippen molar-refractivity contribution in [2.75, 3.05) is 0 Å². The fourth-order valence-electron chi connectivity index (χ4n) is 4.74. The van der Waals surface area contributed by atoms with E-state index in [4.69, 9.17) is 4.42 Å². The zero-order valence-corrected chi connectivity index (χ0v) is 18.6. The molecular formula is C20H22F4N4O4S. The Morgan fingerprint density at radius 1 is 1.18 bits per heavy atom. The van der Waals surface area contributed by atoms with E-state index in [1.165, 1.54) is 16.4 Å². The summed E-state index contributed by atoms with van der Waals surface area (Å²) in [5.41, 5.74) is -0.448. The summed E-state index contributed by atoms with van der Waals surface area (Å²) >= 11 is 0. The number of carbonyl (C=O) groups is 1. The molecule has 1 aliphatic heterocycles. The number of aromatic nitrogens is 2. The second-order valence-electron chi connectivity index (χ2n) is 8.58. The summed E-state index contributed by atoms with van der Waals surface area (Å²) in [4.78, 5) is 11.6. The Morgan fingerprint density at radius 2 is 1.88 bits per heavy atom. The Bertz CT molecular complexity index is 1170. The molecule has 4 rings (SSSR count). The quantitative estimate of drug-likeness (QED) is 0.642. The molecule has 13 heteroatoms. The lowest BCUT2D eigenvalue weighted by Crippen LogP contribution is -2.58. The Labute approximate surface area is 187 Å². The van der Waals surface area contributed by atoms with Crippen molar-refractivity contribution in [2.24, 2.45) is 0 Å². The van der Waals surface area contributed by atoms with Gasteiger partial charge in [-0.15, -0.1) is 10.2 Å². The predicted molar refractivity (Wildman–Crippen MR) is 107 cm³/mol. The Balaban J connectivity index is 1.73. The summed E-state index contributed by atoms with van der Waals surface area (Å²) < 4.78 is 84.8. The lowest BCUT2D eigenvalue weighted by atomic mass is 9.86. The van der Waals surface area contributed by atoms with Crippen molar-refractivity contribution in [2.45, 2.75) is 74.9 Å². The Morgan fingerprint density at radius 3 is 2.52 bits per heavy atom. The molecule has 1 aromatic carbocycles. The van der Waals surface area contributed by atoms with Gasteiger partial charge in [-0.25, -0.2) is 8.42 Å². The number of fused-ring (bicyclic) bond motifs is 1. The van der Waals surface area contributed by atoms with Gasteiger partial charge in [-0.05, 0) is 44.4 Å². The molecule has 2 aliphatic rings. The zero-order chi connectivity index (χ0) is 24.1. The van der Waals surface area contributed by atoms with Crippen LogP contribution in [0, 0.1) is 0 Å². The summed E-state index contributed by atoms with van der Waals surface area (Å²) in [7, 11) is -4.13. The minimum atomic E-state index is -4.13. The molecule has 2 heterocycles. The first-order valence-electron chi connectivity index (χ1n) is 10.3. The molecule has 1 N–H and O–H groups in total. The topological polar surface area (TPSA) is 105 Å². The van der Waals surface area contributed by atoms with Crippen molar-refractivity contribution in [3.8, 4) is 11.5 Å². The van der Waals surface area contributed by atoms with Gasteiger partial charge in [0, 0.05) is 17.6 Å². The van der Waals surface area contributed by atoms with Crippen LogP contribution in [0.15, 0.2) is 27.5 Å². The average Bonchev–Trinajstić information content (AvgIpc) is 3.29. The highest BCUT2D eigenvalue weighted by molar-refractivity contribution is 7.89. The molecule has 33 heavy (non-hydrogen) atoms. The van der Waals surface area contributed by atoms with Crippen LogP contribution >= 0.6 is 0 Å².